The molecule has 0 aliphatic rings. The van der Waals surface area contributed by atoms with E-state index in [9.17, 15) is 0 Å². The molecule has 0 saturated carbocycles. The summed E-state index contributed by atoms with van der Waals surface area (Å²) in [6.07, 6.45) is 3.49. The third-order valence-electron chi connectivity index (χ3n) is 1.71. The first-order valence-electron chi connectivity index (χ1n) is 4.54. The minimum Gasteiger partial charge on any atom is -0.476 e. The fourth-order valence-electron chi connectivity index (χ4n) is 0.944. The number of amidine groups is 1. The summed E-state index contributed by atoms with van der Waals surface area (Å²) < 4.78 is 5.34. The van der Waals surface area contributed by atoms with Crippen LogP contribution in [0.15, 0.2) is 12.3 Å². The molecular formula is C9H14N4O. The maximum absolute atomic E-state index is 7.29. The van der Waals surface area contributed by atoms with E-state index in [1.165, 1.54) is 6.20 Å². The Morgan fingerprint density at radius 1 is 1.64 bits per heavy atom. The largest absolute Gasteiger partial charge is 0.476 e. The van der Waals surface area contributed by atoms with E-state index in [0.717, 1.165) is 12.8 Å². The number of aromatic nitrogens is 2. The highest BCUT2D eigenvalue weighted by Gasteiger charge is 2.07. The number of unbranched alkanes of at least 4 members (excludes halogenated alkanes) is 1. The monoisotopic (exact) mass is 194 g/mol. The third kappa shape index (κ3) is 2.69. The average molecular weight is 194 g/mol. The van der Waals surface area contributed by atoms with E-state index in [-0.39, 0.29) is 5.84 Å². The van der Waals surface area contributed by atoms with Crippen LogP contribution in [0.1, 0.15) is 25.3 Å². The Balaban J connectivity index is 2.69. The van der Waals surface area contributed by atoms with Gasteiger partial charge in [0.05, 0.1) is 18.4 Å². The summed E-state index contributed by atoms with van der Waals surface area (Å²) in [6.45, 7) is 2.65. The zero-order chi connectivity index (χ0) is 10.4. The zero-order valence-corrected chi connectivity index (χ0v) is 8.16. The summed E-state index contributed by atoms with van der Waals surface area (Å²) in [7, 11) is 0. The molecule has 0 amide bonds. The van der Waals surface area contributed by atoms with Crippen LogP contribution in [0.25, 0.3) is 0 Å². The van der Waals surface area contributed by atoms with Crippen LogP contribution in [-0.4, -0.2) is 22.6 Å². The summed E-state index contributed by atoms with van der Waals surface area (Å²) in [5.74, 6) is 0.292. The normalized spacial score (nSPS) is 9.79. The van der Waals surface area contributed by atoms with Crippen molar-refractivity contribution in [1.29, 1.82) is 5.41 Å². The fourth-order valence-corrected chi connectivity index (χ4v) is 0.944. The molecule has 0 radical (unpaired) electrons. The molecule has 1 aromatic heterocycles. The molecule has 0 unspecified atom stereocenters. The molecule has 0 spiro atoms. The van der Waals surface area contributed by atoms with Gasteiger partial charge in [-0.1, -0.05) is 13.3 Å². The highest BCUT2D eigenvalue weighted by molar-refractivity contribution is 5.96. The summed E-state index contributed by atoms with van der Waals surface area (Å²) in [6, 6.07) is 1.62. The summed E-state index contributed by atoms with van der Waals surface area (Å²) in [5.41, 5.74) is 5.85. The Kier molecular flexibility index (Phi) is 3.84. The van der Waals surface area contributed by atoms with Crippen LogP contribution in [0.4, 0.5) is 0 Å². The lowest BCUT2D eigenvalue weighted by atomic mass is 10.3. The lowest BCUT2D eigenvalue weighted by Gasteiger charge is -2.06. The molecule has 0 aliphatic heterocycles. The molecule has 5 heteroatoms. The third-order valence-corrected chi connectivity index (χ3v) is 1.71. The predicted molar refractivity (Wildman–Crippen MR) is 53.5 cm³/mol. The second kappa shape index (κ2) is 5.16. The highest BCUT2D eigenvalue weighted by Crippen LogP contribution is 2.12. The smallest absolute Gasteiger partial charge is 0.244 e. The molecular weight excluding hydrogens is 180 g/mol. The van der Waals surface area contributed by atoms with Gasteiger partial charge in [0, 0.05) is 0 Å². The maximum Gasteiger partial charge on any atom is 0.244 e. The fraction of sp³-hybridized carbons (Fsp3) is 0.444. The number of nitrogens with one attached hydrogen (secondary N) is 1. The minimum atomic E-state index is -0.0496. The number of rotatable bonds is 5. The van der Waals surface area contributed by atoms with Gasteiger partial charge in [-0.25, -0.2) is 0 Å². The van der Waals surface area contributed by atoms with E-state index < -0.39 is 0 Å². The van der Waals surface area contributed by atoms with Crippen molar-refractivity contribution in [2.45, 2.75) is 19.8 Å². The first-order valence-corrected chi connectivity index (χ1v) is 4.54. The molecule has 0 fully saturated rings. The second-order valence-electron chi connectivity index (χ2n) is 2.87. The van der Waals surface area contributed by atoms with Gasteiger partial charge >= 0.3 is 0 Å². The molecule has 0 aromatic carbocycles. The van der Waals surface area contributed by atoms with Gasteiger partial charge in [-0.2, -0.15) is 5.10 Å². The SMILES string of the molecule is CCCCOc1nnccc1C(=N)N. The van der Waals surface area contributed by atoms with Crippen LogP contribution in [0.2, 0.25) is 0 Å². The van der Waals surface area contributed by atoms with Gasteiger partial charge in [0.15, 0.2) is 0 Å². The molecule has 0 aliphatic carbocycles. The van der Waals surface area contributed by atoms with Crippen LogP contribution in [0.3, 0.4) is 0 Å². The van der Waals surface area contributed by atoms with Crippen LogP contribution < -0.4 is 10.5 Å². The molecule has 0 saturated heterocycles. The molecule has 76 valence electrons. The average Bonchev–Trinajstić information content (AvgIpc) is 2.19. The number of nitrogen functional groups attached to an aromatic ring is 1. The molecule has 1 aromatic rings. The summed E-state index contributed by atoms with van der Waals surface area (Å²) in [4.78, 5) is 0. The highest BCUT2D eigenvalue weighted by atomic mass is 16.5. The number of hydrogen-bond donors (Lipinski definition) is 2. The van der Waals surface area contributed by atoms with Crippen LogP contribution >= 0.6 is 0 Å². The van der Waals surface area contributed by atoms with Crippen molar-refractivity contribution in [2.24, 2.45) is 5.73 Å². The van der Waals surface area contributed by atoms with Gasteiger partial charge in [0.2, 0.25) is 5.88 Å². The first-order chi connectivity index (χ1) is 6.75. The number of ether oxygens (including phenoxy) is 1. The van der Waals surface area contributed by atoms with Crippen LogP contribution in [-0.2, 0) is 0 Å². The van der Waals surface area contributed by atoms with Crippen molar-refractivity contribution in [2.75, 3.05) is 6.61 Å². The lowest BCUT2D eigenvalue weighted by molar-refractivity contribution is 0.293. The summed E-state index contributed by atoms with van der Waals surface area (Å²) >= 11 is 0. The Morgan fingerprint density at radius 3 is 3.07 bits per heavy atom. The van der Waals surface area contributed by atoms with Crippen molar-refractivity contribution in [3.05, 3.63) is 17.8 Å². The van der Waals surface area contributed by atoms with Crippen LogP contribution in [0, 0.1) is 5.41 Å². The lowest BCUT2D eigenvalue weighted by Crippen LogP contribution is -2.14. The standard InChI is InChI=1S/C9H14N4O/c1-2-3-6-14-9-7(8(10)11)4-5-12-13-9/h4-5H,2-3,6H2,1H3,(H3,10,11). The topological polar surface area (TPSA) is 84.9 Å². The summed E-state index contributed by atoms with van der Waals surface area (Å²) in [5, 5.41) is 14.7. The van der Waals surface area contributed by atoms with E-state index in [1.54, 1.807) is 6.07 Å². The van der Waals surface area contributed by atoms with Crippen molar-refractivity contribution in [1.82, 2.24) is 10.2 Å². The van der Waals surface area contributed by atoms with Crippen LogP contribution in [0.5, 0.6) is 5.88 Å². The second-order valence-corrected chi connectivity index (χ2v) is 2.87. The van der Waals surface area contributed by atoms with Gasteiger partial charge in [0.25, 0.3) is 0 Å². The molecule has 3 N–H and O–H groups in total. The van der Waals surface area contributed by atoms with Crippen molar-refractivity contribution in [3.63, 3.8) is 0 Å². The van der Waals surface area contributed by atoms with Crippen molar-refractivity contribution in [3.8, 4) is 5.88 Å². The number of hydrogen-bond acceptors (Lipinski definition) is 4. The van der Waals surface area contributed by atoms with E-state index in [4.69, 9.17) is 15.9 Å². The maximum atomic E-state index is 7.29. The predicted octanol–water partition coefficient (Wildman–Crippen LogP) is 0.940. The van der Waals surface area contributed by atoms with E-state index in [0.29, 0.717) is 18.1 Å². The van der Waals surface area contributed by atoms with Gasteiger partial charge in [0.1, 0.15) is 5.84 Å². The number of nitrogens with zero attached hydrogens (tertiary/aromatic N) is 2. The first kappa shape index (κ1) is 10.4. The van der Waals surface area contributed by atoms with Crippen molar-refractivity contribution < 1.29 is 4.74 Å². The zero-order valence-electron chi connectivity index (χ0n) is 8.16. The van der Waals surface area contributed by atoms with Gasteiger partial charge < -0.3 is 10.5 Å². The van der Waals surface area contributed by atoms with Gasteiger partial charge in [-0.15, -0.1) is 5.10 Å². The minimum absolute atomic E-state index is 0.0496. The Morgan fingerprint density at radius 2 is 2.43 bits per heavy atom. The molecule has 5 nitrogen and oxygen atoms in total. The molecule has 14 heavy (non-hydrogen) atoms. The Hall–Kier alpha value is -1.65. The van der Waals surface area contributed by atoms with E-state index in [2.05, 4.69) is 17.1 Å². The van der Waals surface area contributed by atoms with Gasteiger partial charge in [-0.05, 0) is 12.5 Å². The Labute approximate surface area is 82.8 Å². The van der Waals surface area contributed by atoms with E-state index in [1.807, 2.05) is 0 Å². The number of nitrogens with two attached hydrogens (primary N) is 1. The van der Waals surface area contributed by atoms with Gasteiger partial charge in [-0.3, -0.25) is 5.41 Å². The molecule has 0 atom stereocenters. The quantitative estimate of drug-likeness (QED) is 0.415. The van der Waals surface area contributed by atoms with E-state index >= 15 is 0 Å². The Bertz CT molecular complexity index is 313. The molecule has 1 rings (SSSR count). The molecule has 0 bridgehead atoms. The molecule has 1 heterocycles. The van der Waals surface area contributed by atoms with Crippen molar-refractivity contribution >= 4 is 5.84 Å².